The van der Waals surface area contributed by atoms with Crippen LogP contribution in [0.3, 0.4) is 0 Å². The molecular weight excluding hydrogens is 357 g/mol. The maximum atomic E-state index is 12.8. The molecule has 1 aromatic carbocycles. The fourth-order valence-electron chi connectivity index (χ4n) is 3.00. The van der Waals surface area contributed by atoms with Crippen molar-refractivity contribution in [2.24, 2.45) is 0 Å². The van der Waals surface area contributed by atoms with E-state index >= 15 is 0 Å². The summed E-state index contributed by atoms with van der Waals surface area (Å²) in [5, 5.41) is 2.46. The normalized spacial score (nSPS) is 15.6. The summed E-state index contributed by atoms with van der Waals surface area (Å²) in [6.07, 6.45) is -2.83. The largest absolute Gasteiger partial charge is 0.416 e. The number of rotatable bonds is 4. The number of carbonyl (C=O) groups is 1. The molecule has 144 valence electrons. The van der Waals surface area contributed by atoms with Gasteiger partial charge in [-0.05, 0) is 36.9 Å². The highest BCUT2D eigenvalue weighted by atomic mass is 19.4. The van der Waals surface area contributed by atoms with Crippen LogP contribution in [0.2, 0.25) is 0 Å². The molecule has 1 fully saturated rings. The summed E-state index contributed by atoms with van der Waals surface area (Å²) < 4.78 is 38.3. The molecule has 3 rings (SSSR count). The van der Waals surface area contributed by atoms with Crippen molar-refractivity contribution in [2.75, 3.05) is 42.9 Å². The molecule has 0 radical (unpaired) electrons. The minimum Gasteiger partial charge on any atom is -0.368 e. The molecule has 1 aromatic heterocycles. The SMILES string of the molecule is CCN1CCN(c2ccc(C(=O)Nc3cccc(C(F)(F)F)c3)nc2)CC1. The second kappa shape index (κ2) is 7.96. The van der Waals surface area contributed by atoms with Crippen LogP contribution in [-0.2, 0) is 6.18 Å². The Morgan fingerprint density at radius 1 is 1.15 bits per heavy atom. The van der Waals surface area contributed by atoms with Crippen LogP contribution in [0.1, 0.15) is 23.0 Å². The predicted octanol–water partition coefficient (Wildman–Crippen LogP) is 3.49. The number of hydrogen-bond acceptors (Lipinski definition) is 4. The van der Waals surface area contributed by atoms with Crippen LogP contribution in [0.4, 0.5) is 24.5 Å². The number of halogens is 3. The maximum absolute atomic E-state index is 12.8. The molecule has 0 atom stereocenters. The van der Waals surface area contributed by atoms with Crippen LogP contribution in [-0.4, -0.2) is 48.5 Å². The van der Waals surface area contributed by atoms with Crippen molar-refractivity contribution >= 4 is 17.3 Å². The summed E-state index contributed by atoms with van der Waals surface area (Å²) in [6.45, 7) is 6.91. The molecule has 0 bridgehead atoms. The number of alkyl halides is 3. The van der Waals surface area contributed by atoms with E-state index in [0.29, 0.717) is 0 Å². The Balaban J connectivity index is 1.64. The first-order valence-corrected chi connectivity index (χ1v) is 8.79. The molecule has 0 spiro atoms. The van der Waals surface area contributed by atoms with E-state index in [2.05, 4.69) is 27.0 Å². The maximum Gasteiger partial charge on any atom is 0.416 e. The van der Waals surface area contributed by atoms with Gasteiger partial charge in [0.15, 0.2) is 0 Å². The summed E-state index contributed by atoms with van der Waals surface area (Å²) >= 11 is 0. The number of piperazine rings is 1. The standard InChI is InChI=1S/C19H21F3N4O/c1-2-25-8-10-26(11-9-25)16-6-7-17(23-13-16)18(27)24-15-5-3-4-14(12-15)19(20,21)22/h3-7,12-13H,2,8-11H2,1H3,(H,24,27). The zero-order chi connectivity index (χ0) is 19.4. The number of likely N-dealkylation sites (N-methyl/N-ethyl adjacent to an activating group) is 1. The summed E-state index contributed by atoms with van der Waals surface area (Å²) in [4.78, 5) is 21.0. The summed E-state index contributed by atoms with van der Waals surface area (Å²) in [5.41, 5.74) is 0.357. The number of nitrogens with zero attached hydrogens (tertiary/aromatic N) is 3. The minimum absolute atomic E-state index is 0.0800. The van der Waals surface area contributed by atoms with Crippen LogP contribution >= 0.6 is 0 Å². The zero-order valence-electron chi connectivity index (χ0n) is 15.0. The van der Waals surface area contributed by atoms with Crippen LogP contribution in [0.15, 0.2) is 42.6 Å². The van der Waals surface area contributed by atoms with Crippen molar-refractivity contribution in [3.8, 4) is 0 Å². The Labute approximate surface area is 155 Å². The van der Waals surface area contributed by atoms with Crippen molar-refractivity contribution in [3.05, 3.63) is 53.9 Å². The summed E-state index contributed by atoms with van der Waals surface area (Å²) in [5.74, 6) is -0.545. The minimum atomic E-state index is -4.46. The van der Waals surface area contributed by atoms with Crippen molar-refractivity contribution in [1.82, 2.24) is 9.88 Å². The highest BCUT2D eigenvalue weighted by Crippen LogP contribution is 2.30. The van der Waals surface area contributed by atoms with Gasteiger partial charge in [-0.3, -0.25) is 4.79 Å². The molecule has 2 aromatic rings. The van der Waals surface area contributed by atoms with Crippen molar-refractivity contribution in [3.63, 3.8) is 0 Å². The molecule has 1 aliphatic heterocycles. The monoisotopic (exact) mass is 378 g/mol. The Kier molecular flexibility index (Phi) is 5.65. The lowest BCUT2D eigenvalue weighted by atomic mass is 10.2. The zero-order valence-corrected chi connectivity index (χ0v) is 15.0. The highest BCUT2D eigenvalue weighted by Gasteiger charge is 2.30. The third kappa shape index (κ3) is 4.77. The van der Waals surface area contributed by atoms with E-state index in [9.17, 15) is 18.0 Å². The first-order valence-electron chi connectivity index (χ1n) is 8.79. The van der Waals surface area contributed by atoms with Crippen LogP contribution < -0.4 is 10.2 Å². The molecule has 5 nitrogen and oxygen atoms in total. The predicted molar refractivity (Wildman–Crippen MR) is 98.0 cm³/mol. The first kappa shape index (κ1) is 19.2. The highest BCUT2D eigenvalue weighted by molar-refractivity contribution is 6.03. The molecule has 8 heteroatoms. The van der Waals surface area contributed by atoms with Gasteiger partial charge in [0, 0.05) is 31.9 Å². The van der Waals surface area contributed by atoms with Gasteiger partial charge in [0.2, 0.25) is 0 Å². The van der Waals surface area contributed by atoms with Crippen molar-refractivity contribution in [2.45, 2.75) is 13.1 Å². The van der Waals surface area contributed by atoms with E-state index in [1.165, 1.54) is 12.1 Å². The lowest BCUT2D eigenvalue weighted by Gasteiger charge is -2.35. The smallest absolute Gasteiger partial charge is 0.368 e. The summed E-state index contributed by atoms with van der Waals surface area (Å²) in [6, 6.07) is 7.93. The van der Waals surface area contributed by atoms with E-state index in [1.807, 2.05) is 6.07 Å². The van der Waals surface area contributed by atoms with Gasteiger partial charge in [-0.15, -0.1) is 0 Å². The quantitative estimate of drug-likeness (QED) is 0.885. The molecule has 2 heterocycles. The van der Waals surface area contributed by atoms with E-state index in [0.717, 1.165) is 50.5 Å². The number of amides is 1. The number of benzene rings is 1. The number of nitrogens with one attached hydrogen (secondary N) is 1. The van der Waals surface area contributed by atoms with Gasteiger partial charge >= 0.3 is 6.18 Å². The lowest BCUT2D eigenvalue weighted by Crippen LogP contribution is -2.46. The Morgan fingerprint density at radius 3 is 2.48 bits per heavy atom. The molecule has 0 aliphatic carbocycles. The van der Waals surface area contributed by atoms with Crippen LogP contribution in [0.5, 0.6) is 0 Å². The number of carbonyl (C=O) groups excluding carboxylic acids is 1. The molecule has 27 heavy (non-hydrogen) atoms. The first-order chi connectivity index (χ1) is 12.9. The van der Waals surface area contributed by atoms with Gasteiger partial charge in [-0.1, -0.05) is 13.0 Å². The number of anilines is 2. The van der Waals surface area contributed by atoms with Gasteiger partial charge in [-0.2, -0.15) is 13.2 Å². The van der Waals surface area contributed by atoms with Crippen molar-refractivity contribution in [1.29, 1.82) is 0 Å². The third-order valence-electron chi connectivity index (χ3n) is 4.61. The average Bonchev–Trinajstić information content (AvgIpc) is 2.68. The second-order valence-corrected chi connectivity index (χ2v) is 6.36. The van der Waals surface area contributed by atoms with E-state index in [-0.39, 0.29) is 11.4 Å². The fourth-order valence-corrected chi connectivity index (χ4v) is 3.00. The van der Waals surface area contributed by atoms with Gasteiger partial charge in [0.05, 0.1) is 17.4 Å². The topological polar surface area (TPSA) is 48.5 Å². The molecular formula is C19H21F3N4O. The van der Waals surface area contributed by atoms with Gasteiger partial charge < -0.3 is 15.1 Å². The molecule has 1 saturated heterocycles. The van der Waals surface area contributed by atoms with E-state index < -0.39 is 17.6 Å². The average molecular weight is 378 g/mol. The van der Waals surface area contributed by atoms with Gasteiger partial charge in [-0.25, -0.2) is 4.98 Å². The van der Waals surface area contributed by atoms with Gasteiger partial charge in [0.1, 0.15) is 5.69 Å². The van der Waals surface area contributed by atoms with Crippen molar-refractivity contribution < 1.29 is 18.0 Å². The lowest BCUT2D eigenvalue weighted by molar-refractivity contribution is -0.137. The number of aromatic nitrogens is 1. The molecule has 1 aliphatic rings. The fraction of sp³-hybridized carbons (Fsp3) is 0.368. The Bertz CT molecular complexity index is 784. The van der Waals surface area contributed by atoms with E-state index in [4.69, 9.17) is 0 Å². The van der Waals surface area contributed by atoms with Crippen LogP contribution in [0, 0.1) is 0 Å². The third-order valence-corrected chi connectivity index (χ3v) is 4.61. The van der Waals surface area contributed by atoms with Gasteiger partial charge in [0.25, 0.3) is 5.91 Å². The molecule has 1 N–H and O–H groups in total. The Hall–Kier alpha value is -2.61. The second-order valence-electron chi connectivity index (χ2n) is 6.36. The molecule has 0 saturated carbocycles. The Morgan fingerprint density at radius 2 is 1.89 bits per heavy atom. The number of pyridine rings is 1. The van der Waals surface area contributed by atoms with E-state index in [1.54, 1.807) is 12.3 Å². The molecule has 0 unspecified atom stereocenters. The molecule has 1 amide bonds. The summed E-state index contributed by atoms with van der Waals surface area (Å²) in [7, 11) is 0. The van der Waals surface area contributed by atoms with Crippen LogP contribution in [0.25, 0.3) is 0 Å². The number of hydrogen-bond donors (Lipinski definition) is 1.